The Balaban J connectivity index is 0.000000342. The predicted molar refractivity (Wildman–Crippen MR) is 119 cm³/mol. The van der Waals surface area contributed by atoms with Crippen LogP contribution in [0, 0.1) is 22.7 Å². The zero-order valence-corrected chi connectivity index (χ0v) is 20.9. The fourth-order valence-corrected chi connectivity index (χ4v) is 3.40. The molecule has 2 rings (SSSR count). The van der Waals surface area contributed by atoms with Crippen LogP contribution in [0.4, 0.5) is 26.3 Å². The molecule has 0 aliphatic rings. The molecule has 0 radical (unpaired) electrons. The molecule has 0 heterocycles. The SMILES string of the molecule is COC(CC#N)(OC)c1ccc(C(F)(F)F)cc1.N#CC(Br)C(Br)c1ccc(C(F)(F)F)cc1. The highest BCUT2D eigenvalue weighted by Gasteiger charge is 2.35. The summed E-state index contributed by atoms with van der Waals surface area (Å²) in [4.78, 5) is -0.816. The fourth-order valence-electron chi connectivity index (χ4n) is 2.67. The van der Waals surface area contributed by atoms with Gasteiger partial charge in [-0.1, -0.05) is 56.1 Å². The van der Waals surface area contributed by atoms with E-state index >= 15 is 0 Å². The van der Waals surface area contributed by atoms with Crippen molar-refractivity contribution >= 4 is 31.9 Å². The van der Waals surface area contributed by atoms with Crippen LogP contribution in [0.3, 0.4) is 0 Å². The first-order chi connectivity index (χ1) is 15.8. The van der Waals surface area contributed by atoms with Crippen LogP contribution < -0.4 is 0 Å². The molecule has 12 heteroatoms. The third kappa shape index (κ3) is 7.98. The molecule has 4 nitrogen and oxygen atoms in total. The molecule has 2 unspecified atom stereocenters. The third-order valence-corrected chi connectivity index (χ3v) is 7.06. The Kier molecular flexibility index (Phi) is 11.0. The highest BCUT2D eigenvalue weighted by Crippen LogP contribution is 2.35. The lowest BCUT2D eigenvalue weighted by Crippen LogP contribution is -2.30. The van der Waals surface area contributed by atoms with Crippen molar-refractivity contribution in [2.75, 3.05) is 14.2 Å². The molecular formula is C22H18Br2F6N2O2. The molecule has 0 N–H and O–H groups in total. The molecule has 184 valence electrons. The normalized spacial score (nSPS) is 13.6. The van der Waals surface area contributed by atoms with Gasteiger partial charge in [-0.3, -0.25) is 0 Å². The highest BCUT2D eigenvalue weighted by atomic mass is 79.9. The van der Waals surface area contributed by atoms with Gasteiger partial charge in [0.15, 0.2) is 0 Å². The minimum atomic E-state index is -4.39. The molecule has 2 aromatic rings. The number of rotatable bonds is 6. The molecule has 0 aliphatic heterocycles. The van der Waals surface area contributed by atoms with Crippen LogP contribution in [0.2, 0.25) is 0 Å². The Hall–Kier alpha value is -2.12. The minimum Gasteiger partial charge on any atom is -0.348 e. The summed E-state index contributed by atoms with van der Waals surface area (Å²) in [6.45, 7) is 0. The molecule has 2 atom stereocenters. The van der Waals surface area contributed by atoms with Gasteiger partial charge in [-0.25, -0.2) is 0 Å². The quantitative estimate of drug-likeness (QED) is 0.192. The van der Waals surface area contributed by atoms with Crippen LogP contribution in [-0.4, -0.2) is 19.0 Å². The van der Waals surface area contributed by atoms with Crippen molar-refractivity contribution in [3.05, 3.63) is 70.8 Å². The number of ether oxygens (including phenoxy) is 2. The van der Waals surface area contributed by atoms with Gasteiger partial charge >= 0.3 is 12.4 Å². The molecule has 0 saturated carbocycles. The van der Waals surface area contributed by atoms with Crippen molar-refractivity contribution in [3.8, 4) is 12.1 Å². The topological polar surface area (TPSA) is 66.0 Å². The summed E-state index contributed by atoms with van der Waals surface area (Å²) < 4.78 is 84.3. The highest BCUT2D eigenvalue weighted by molar-refractivity contribution is 9.12. The number of nitriles is 2. The van der Waals surface area contributed by atoms with E-state index < -0.39 is 34.1 Å². The largest absolute Gasteiger partial charge is 0.416 e. The van der Waals surface area contributed by atoms with E-state index in [4.69, 9.17) is 20.0 Å². The summed E-state index contributed by atoms with van der Waals surface area (Å²) in [7, 11) is 2.66. The van der Waals surface area contributed by atoms with Gasteiger partial charge in [0.2, 0.25) is 5.79 Å². The van der Waals surface area contributed by atoms with Crippen LogP contribution in [0.25, 0.3) is 0 Å². The average Bonchev–Trinajstić information content (AvgIpc) is 2.81. The van der Waals surface area contributed by atoms with E-state index in [-0.39, 0.29) is 11.2 Å². The molecule has 0 aromatic heterocycles. The standard InChI is InChI=1S/C12H12F3NO2.C10H6Br2F3N/c1-17-11(18-2,7-8-16)9-3-5-10(6-4-9)12(13,14)15;11-8(5-16)9(12)6-1-3-7(4-2-6)10(13,14)15/h3-6H,7H2,1-2H3;1-4,8-9H. The van der Waals surface area contributed by atoms with Gasteiger partial charge in [-0.05, 0) is 29.8 Å². The molecule has 0 bridgehead atoms. The fraction of sp³-hybridized carbons (Fsp3) is 0.364. The third-order valence-electron chi connectivity index (χ3n) is 4.56. The van der Waals surface area contributed by atoms with E-state index in [1.807, 2.05) is 12.1 Å². The van der Waals surface area contributed by atoms with Gasteiger partial charge in [0.05, 0.1) is 34.5 Å². The number of methoxy groups -OCH3 is 2. The Morgan fingerprint density at radius 1 is 0.765 bits per heavy atom. The van der Waals surface area contributed by atoms with Crippen molar-refractivity contribution in [3.63, 3.8) is 0 Å². The second-order valence-corrected chi connectivity index (χ2v) is 8.60. The molecule has 0 aliphatic carbocycles. The van der Waals surface area contributed by atoms with Crippen molar-refractivity contribution in [1.82, 2.24) is 0 Å². The van der Waals surface area contributed by atoms with E-state index in [0.717, 1.165) is 24.3 Å². The summed E-state index contributed by atoms with van der Waals surface area (Å²) in [6, 6.07) is 12.9. The molecule has 34 heavy (non-hydrogen) atoms. The molecular weight excluding hydrogens is 598 g/mol. The molecule has 0 fully saturated rings. The van der Waals surface area contributed by atoms with Crippen molar-refractivity contribution < 1.29 is 35.8 Å². The summed E-state index contributed by atoms with van der Waals surface area (Å²) in [6.07, 6.45) is -8.84. The maximum atomic E-state index is 12.4. The smallest absolute Gasteiger partial charge is 0.348 e. The van der Waals surface area contributed by atoms with Crippen LogP contribution in [0.5, 0.6) is 0 Å². The number of nitrogens with zero attached hydrogens (tertiary/aromatic N) is 2. The molecule has 0 saturated heterocycles. The Morgan fingerprint density at radius 3 is 1.47 bits per heavy atom. The average molecular weight is 616 g/mol. The van der Waals surface area contributed by atoms with E-state index in [1.54, 1.807) is 0 Å². The van der Waals surface area contributed by atoms with E-state index in [9.17, 15) is 26.3 Å². The lowest BCUT2D eigenvalue weighted by Gasteiger charge is -2.29. The summed E-state index contributed by atoms with van der Waals surface area (Å²) >= 11 is 6.34. The lowest BCUT2D eigenvalue weighted by molar-refractivity contribution is -0.212. The molecule has 2 aromatic carbocycles. The number of hydrogen-bond donors (Lipinski definition) is 0. The van der Waals surface area contributed by atoms with Gasteiger partial charge in [-0.2, -0.15) is 36.9 Å². The summed E-state index contributed by atoms with van der Waals surface area (Å²) in [5.74, 6) is -1.33. The lowest BCUT2D eigenvalue weighted by atomic mass is 10.0. The van der Waals surface area contributed by atoms with Gasteiger partial charge in [0.1, 0.15) is 4.83 Å². The zero-order valence-electron chi connectivity index (χ0n) is 17.7. The van der Waals surface area contributed by atoms with Crippen LogP contribution >= 0.6 is 31.9 Å². The minimum absolute atomic E-state index is 0.120. The number of hydrogen-bond acceptors (Lipinski definition) is 4. The number of halogens is 8. The van der Waals surface area contributed by atoms with E-state index in [1.165, 1.54) is 38.5 Å². The van der Waals surface area contributed by atoms with Crippen molar-refractivity contribution in [1.29, 1.82) is 10.5 Å². The summed E-state index contributed by atoms with van der Waals surface area (Å²) in [5, 5.41) is 17.4. The maximum Gasteiger partial charge on any atom is 0.416 e. The van der Waals surface area contributed by atoms with Crippen molar-refractivity contribution in [2.45, 2.75) is 34.2 Å². The van der Waals surface area contributed by atoms with Gasteiger partial charge < -0.3 is 9.47 Å². The van der Waals surface area contributed by atoms with Crippen LogP contribution in [0.1, 0.15) is 33.5 Å². The Labute approximate surface area is 209 Å². The predicted octanol–water partition coefficient (Wildman–Crippen LogP) is 7.49. The van der Waals surface area contributed by atoms with E-state index in [0.29, 0.717) is 11.1 Å². The first-order valence-electron chi connectivity index (χ1n) is 9.25. The first-order valence-corrected chi connectivity index (χ1v) is 11.1. The van der Waals surface area contributed by atoms with Crippen molar-refractivity contribution in [2.24, 2.45) is 0 Å². The number of alkyl halides is 8. The first kappa shape index (κ1) is 29.9. The van der Waals surface area contributed by atoms with Gasteiger partial charge in [0.25, 0.3) is 0 Å². The number of benzene rings is 2. The van der Waals surface area contributed by atoms with Crippen LogP contribution in [-0.2, 0) is 27.6 Å². The zero-order chi connectivity index (χ0) is 26.2. The molecule has 0 spiro atoms. The van der Waals surface area contributed by atoms with Crippen LogP contribution in [0.15, 0.2) is 48.5 Å². The second-order valence-electron chi connectivity index (χ2n) is 6.62. The van der Waals surface area contributed by atoms with Gasteiger partial charge in [-0.15, -0.1) is 0 Å². The molecule has 0 amide bonds. The Morgan fingerprint density at radius 2 is 1.15 bits per heavy atom. The summed E-state index contributed by atoms with van der Waals surface area (Å²) in [5.41, 5.74) is -0.471. The maximum absolute atomic E-state index is 12.4. The van der Waals surface area contributed by atoms with E-state index in [2.05, 4.69) is 31.9 Å². The second kappa shape index (κ2) is 12.5. The Bertz CT molecular complexity index is 993. The monoisotopic (exact) mass is 614 g/mol. The van der Waals surface area contributed by atoms with Gasteiger partial charge in [0, 0.05) is 19.8 Å².